The maximum absolute atomic E-state index is 12.5. The van der Waals surface area contributed by atoms with Crippen LogP contribution in [0, 0.1) is 0 Å². The second-order valence-corrected chi connectivity index (χ2v) is 8.14. The number of benzene rings is 2. The summed E-state index contributed by atoms with van der Waals surface area (Å²) in [5.41, 5.74) is 3.37. The van der Waals surface area contributed by atoms with E-state index in [2.05, 4.69) is 21.2 Å². The summed E-state index contributed by atoms with van der Waals surface area (Å²) in [6, 6.07) is 13.4. The molecule has 0 saturated carbocycles. The van der Waals surface area contributed by atoms with Gasteiger partial charge in [-0.3, -0.25) is 4.79 Å². The van der Waals surface area contributed by atoms with Gasteiger partial charge in [0.05, 0.1) is 5.52 Å². The Kier molecular flexibility index (Phi) is 5.00. The smallest absolute Gasteiger partial charge is 0.211 e. The molecule has 8 heteroatoms. The van der Waals surface area contributed by atoms with E-state index in [0.717, 1.165) is 34.2 Å². The van der Waals surface area contributed by atoms with Crippen LogP contribution >= 0.6 is 11.8 Å². The van der Waals surface area contributed by atoms with E-state index in [4.69, 9.17) is 9.47 Å². The van der Waals surface area contributed by atoms with Crippen LogP contribution in [0.3, 0.4) is 0 Å². The van der Waals surface area contributed by atoms with Crippen LogP contribution in [0.1, 0.15) is 23.2 Å². The number of Topliss-reactive ketones (excluding diaryl/α,β-unsaturated/α-hetero) is 1. The SMILES string of the molecule is Cn1c2ccccc2c2nnc(SCCCC(=O)c3ccc4c(c3)OCCO4)nc21. The third-order valence-corrected chi connectivity index (χ3v) is 6.05. The second-order valence-electron chi connectivity index (χ2n) is 7.08. The zero-order chi connectivity index (χ0) is 20.5. The molecule has 2 aromatic heterocycles. The number of rotatable bonds is 6. The van der Waals surface area contributed by atoms with Crippen LogP contribution in [0.2, 0.25) is 0 Å². The molecule has 4 aromatic rings. The van der Waals surface area contributed by atoms with E-state index in [0.29, 0.717) is 41.9 Å². The topological polar surface area (TPSA) is 79.1 Å². The number of fused-ring (bicyclic) bond motifs is 4. The van der Waals surface area contributed by atoms with Gasteiger partial charge < -0.3 is 14.0 Å². The monoisotopic (exact) mass is 420 g/mol. The molecule has 1 aliphatic heterocycles. The van der Waals surface area contributed by atoms with Gasteiger partial charge >= 0.3 is 0 Å². The Labute approximate surface area is 177 Å². The predicted octanol–water partition coefficient (Wildman–Crippen LogP) is 4.04. The summed E-state index contributed by atoms with van der Waals surface area (Å²) in [7, 11) is 1.99. The number of aryl methyl sites for hydroxylation is 1. The highest BCUT2D eigenvalue weighted by Crippen LogP contribution is 2.31. The Bertz CT molecular complexity index is 1250. The maximum Gasteiger partial charge on any atom is 0.211 e. The minimum absolute atomic E-state index is 0.0933. The summed E-state index contributed by atoms with van der Waals surface area (Å²) < 4.78 is 13.1. The molecule has 2 aromatic carbocycles. The largest absolute Gasteiger partial charge is 0.486 e. The summed E-state index contributed by atoms with van der Waals surface area (Å²) in [5, 5.41) is 10.3. The third-order valence-electron chi connectivity index (χ3n) is 5.13. The number of ether oxygens (including phenoxy) is 2. The van der Waals surface area contributed by atoms with Crippen molar-refractivity contribution in [2.75, 3.05) is 19.0 Å². The highest BCUT2D eigenvalue weighted by atomic mass is 32.2. The van der Waals surface area contributed by atoms with Gasteiger partial charge in [0.15, 0.2) is 22.9 Å². The lowest BCUT2D eigenvalue weighted by Gasteiger charge is -2.18. The van der Waals surface area contributed by atoms with Crippen molar-refractivity contribution in [1.82, 2.24) is 19.7 Å². The number of carbonyl (C=O) groups is 1. The molecule has 0 fully saturated rings. The average molecular weight is 420 g/mol. The normalized spacial score (nSPS) is 13.1. The van der Waals surface area contributed by atoms with Gasteiger partial charge in [-0.05, 0) is 30.7 Å². The Hall–Kier alpha value is -3.13. The molecule has 0 aliphatic carbocycles. The van der Waals surface area contributed by atoms with Crippen LogP contribution < -0.4 is 9.47 Å². The Morgan fingerprint density at radius 2 is 1.93 bits per heavy atom. The zero-order valence-electron chi connectivity index (χ0n) is 16.5. The first-order chi connectivity index (χ1) is 14.7. The highest BCUT2D eigenvalue weighted by molar-refractivity contribution is 7.99. The van der Waals surface area contributed by atoms with Gasteiger partial charge in [0, 0.05) is 30.2 Å². The fraction of sp³-hybridized carbons (Fsp3) is 0.273. The van der Waals surface area contributed by atoms with E-state index < -0.39 is 0 Å². The van der Waals surface area contributed by atoms with Crippen LogP contribution in [0.4, 0.5) is 0 Å². The van der Waals surface area contributed by atoms with E-state index in [1.165, 1.54) is 11.8 Å². The van der Waals surface area contributed by atoms with Crippen molar-refractivity contribution in [3.63, 3.8) is 0 Å². The van der Waals surface area contributed by atoms with Crippen LogP contribution in [-0.2, 0) is 7.05 Å². The summed E-state index contributed by atoms with van der Waals surface area (Å²) in [6.45, 7) is 1.05. The van der Waals surface area contributed by atoms with Gasteiger partial charge in [-0.25, -0.2) is 4.98 Å². The van der Waals surface area contributed by atoms with Gasteiger partial charge in [-0.2, -0.15) is 0 Å². The molecule has 5 rings (SSSR count). The lowest BCUT2D eigenvalue weighted by molar-refractivity contribution is 0.0981. The minimum Gasteiger partial charge on any atom is -0.486 e. The van der Waals surface area contributed by atoms with Gasteiger partial charge in [0.25, 0.3) is 0 Å². The predicted molar refractivity (Wildman–Crippen MR) is 116 cm³/mol. The Morgan fingerprint density at radius 1 is 1.10 bits per heavy atom. The van der Waals surface area contributed by atoms with E-state index in [-0.39, 0.29) is 5.78 Å². The minimum atomic E-state index is 0.0933. The fourth-order valence-corrected chi connectivity index (χ4v) is 4.33. The molecule has 30 heavy (non-hydrogen) atoms. The average Bonchev–Trinajstić information content (AvgIpc) is 3.08. The molecule has 0 amide bonds. The molecule has 0 spiro atoms. The standard InChI is InChI=1S/C22H20N4O3S/c1-26-16-6-3-2-5-15(16)20-21(26)23-22(25-24-20)30-12-4-7-17(27)14-8-9-18-19(13-14)29-11-10-28-18/h2-3,5-6,8-9,13H,4,7,10-12H2,1H3. The van der Waals surface area contributed by atoms with E-state index in [1.54, 1.807) is 18.2 Å². The zero-order valence-corrected chi connectivity index (χ0v) is 17.3. The lowest BCUT2D eigenvalue weighted by Crippen LogP contribution is -2.15. The van der Waals surface area contributed by atoms with Crippen molar-refractivity contribution in [3.8, 4) is 11.5 Å². The first-order valence-electron chi connectivity index (χ1n) is 9.84. The number of hydrogen-bond donors (Lipinski definition) is 0. The van der Waals surface area contributed by atoms with Crippen molar-refractivity contribution >= 4 is 39.6 Å². The summed E-state index contributed by atoms with van der Waals surface area (Å²) in [4.78, 5) is 17.2. The van der Waals surface area contributed by atoms with Gasteiger partial charge in [-0.1, -0.05) is 30.0 Å². The number of carbonyl (C=O) groups excluding carboxylic acids is 1. The van der Waals surface area contributed by atoms with Crippen molar-refractivity contribution < 1.29 is 14.3 Å². The number of aromatic nitrogens is 4. The molecular weight excluding hydrogens is 400 g/mol. The number of ketones is 1. The molecule has 1 aliphatic rings. The molecule has 0 saturated heterocycles. The second kappa shape index (κ2) is 7.95. The molecule has 152 valence electrons. The molecule has 0 unspecified atom stereocenters. The molecule has 3 heterocycles. The van der Waals surface area contributed by atoms with E-state index in [1.807, 2.05) is 29.8 Å². The van der Waals surface area contributed by atoms with Crippen LogP contribution in [0.15, 0.2) is 47.6 Å². The number of hydrogen-bond acceptors (Lipinski definition) is 7. The number of thioether (sulfide) groups is 1. The fourth-order valence-electron chi connectivity index (χ4n) is 3.61. The number of nitrogens with zero attached hydrogens (tertiary/aromatic N) is 4. The van der Waals surface area contributed by atoms with Crippen molar-refractivity contribution in [2.24, 2.45) is 7.05 Å². The van der Waals surface area contributed by atoms with Crippen LogP contribution in [0.25, 0.3) is 22.1 Å². The molecule has 0 bridgehead atoms. The van der Waals surface area contributed by atoms with E-state index in [9.17, 15) is 4.79 Å². The Morgan fingerprint density at radius 3 is 2.83 bits per heavy atom. The first kappa shape index (κ1) is 18.9. The summed E-state index contributed by atoms with van der Waals surface area (Å²) >= 11 is 1.52. The van der Waals surface area contributed by atoms with Gasteiger partial charge in [0.2, 0.25) is 5.16 Å². The van der Waals surface area contributed by atoms with Crippen molar-refractivity contribution in [1.29, 1.82) is 0 Å². The summed E-state index contributed by atoms with van der Waals surface area (Å²) in [5.74, 6) is 2.18. The molecule has 7 nitrogen and oxygen atoms in total. The van der Waals surface area contributed by atoms with Crippen LogP contribution in [-0.4, -0.2) is 44.5 Å². The Balaban J connectivity index is 1.22. The maximum atomic E-state index is 12.5. The van der Waals surface area contributed by atoms with Gasteiger partial charge in [0.1, 0.15) is 18.7 Å². The molecule has 0 radical (unpaired) electrons. The quantitative estimate of drug-likeness (QED) is 0.265. The number of para-hydroxylation sites is 1. The van der Waals surface area contributed by atoms with Crippen LogP contribution in [0.5, 0.6) is 11.5 Å². The summed E-state index contributed by atoms with van der Waals surface area (Å²) in [6.07, 6.45) is 1.19. The van der Waals surface area contributed by atoms with Crippen molar-refractivity contribution in [3.05, 3.63) is 48.0 Å². The molecule has 0 atom stereocenters. The molecular formula is C22H20N4O3S. The third kappa shape index (κ3) is 3.47. The molecule has 0 N–H and O–H groups in total. The van der Waals surface area contributed by atoms with E-state index >= 15 is 0 Å². The lowest BCUT2D eigenvalue weighted by atomic mass is 10.1. The van der Waals surface area contributed by atoms with Crippen molar-refractivity contribution in [2.45, 2.75) is 18.0 Å². The first-order valence-corrected chi connectivity index (χ1v) is 10.8. The van der Waals surface area contributed by atoms with Gasteiger partial charge in [-0.15, -0.1) is 10.2 Å². The highest BCUT2D eigenvalue weighted by Gasteiger charge is 2.15.